The van der Waals surface area contributed by atoms with Crippen LogP contribution in [0.5, 0.6) is 5.75 Å². The molecule has 1 saturated heterocycles. The molecular weight excluding hydrogens is 565 g/mol. The largest absolute Gasteiger partial charge is 0.573 e. The highest BCUT2D eigenvalue weighted by Gasteiger charge is 2.35. The number of piperazine rings is 1. The number of alkyl halides is 3. The van der Waals surface area contributed by atoms with Gasteiger partial charge in [-0.1, -0.05) is 12.1 Å². The van der Waals surface area contributed by atoms with E-state index in [4.69, 9.17) is 4.74 Å². The maximum absolute atomic E-state index is 13.2. The summed E-state index contributed by atoms with van der Waals surface area (Å²) in [7, 11) is 2.02. The molecule has 228 valence electrons. The molecule has 43 heavy (non-hydrogen) atoms. The topological polar surface area (TPSA) is 100 Å². The SMILES string of the molecule is Cc1cnc(Nc2cc(N3CCN(C)CC3)ccc2OC(F)(F)F)nc1-c1ccc2c(c1)C(=O)N(C(=O)OC(C)(C)C)C2. The van der Waals surface area contributed by atoms with Gasteiger partial charge in [-0.15, -0.1) is 13.2 Å². The fourth-order valence-corrected chi connectivity index (χ4v) is 4.92. The molecule has 0 bridgehead atoms. The number of ether oxygens (including phenoxy) is 2. The Labute approximate surface area is 247 Å². The van der Waals surface area contributed by atoms with Gasteiger partial charge in [0.15, 0.2) is 5.75 Å². The number of hydrogen-bond donors (Lipinski definition) is 1. The predicted molar refractivity (Wildman–Crippen MR) is 154 cm³/mol. The number of amides is 2. The smallest absolute Gasteiger partial charge is 0.443 e. The first-order chi connectivity index (χ1) is 20.2. The van der Waals surface area contributed by atoms with E-state index in [1.165, 1.54) is 6.07 Å². The average Bonchev–Trinajstić information content (AvgIpc) is 3.25. The third kappa shape index (κ3) is 6.99. The van der Waals surface area contributed by atoms with Crippen molar-refractivity contribution in [2.75, 3.05) is 43.4 Å². The number of hydrogen-bond acceptors (Lipinski definition) is 9. The summed E-state index contributed by atoms with van der Waals surface area (Å²) in [5.41, 5.74) is 2.78. The normalized spacial score (nSPS) is 15.9. The number of anilines is 3. The van der Waals surface area contributed by atoms with Crippen LogP contribution in [-0.2, 0) is 11.3 Å². The molecule has 0 spiro atoms. The second-order valence-electron chi connectivity index (χ2n) is 11.6. The molecule has 0 radical (unpaired) electrons. The summed E-state index contributed by atoms with van der Waals surface area (Å²) >= 11 is 0. The second kappa shape index (κ2) is 11.4. The fraction of sp³-hybridized carbons (Fsp3) is 0.400. The van der Waals surface area contributed by atoms with Crippen molar-refractivity contribution >= 4 is 29.3 Å². The lowest BCUT2D eigenvalue weighted by atomic mass is 10.0. The van der Waals surface area contributed by atoms with E-state index in [0.717, 1.165) is 36.8 Å². The number of rotatable bonds is 5. The Balaban J connectivity index is 1.43. The number of nitrogens with one attached hydrogen (secondary N) is 1. The van der Waals surface area contributed by atoms with Gasteiger partial charge in [-0.05, 0) is 70.1 Å². The van der Waals surface area contributed by atoms with Crippen molar-refractivity contribution in [2.45, 2.75) is 46.2 Å². The van der Waals surface area contributed by atoms with Gasteiger partial charge in [0.25, 0.3) is 5.91 Å². The molecule has 1 fully saturated rings. The Hall–Kier alpha value is -4.39. The molecule has 0 unspecified atom stereocenters. The number of nitrogens with zero attached hydrogens (tertiary/aromatic N) is 5. The van der Waals surface area contributed by atoms with Gasteiger partial charge in [0.05, 0.1) is 17.9 Å². The lowest BCUT2D eigenvalue weighted by Crippen LogP contribution is -2.44. The monoisotopic (exact) mass is 598 g/mol. The Morgan fingerprint density at radius 3 is 2.42 bits per heavy atom. The van der Waals surface area contributed by atoms with Gasteiger partial charge in [0.1, 0.15) is 5.60 Å². The summed E-state index contributed by atoms with van der Waals surface area (Å²) in [6.45, 7) is 10.1. The molecule has 13 heteroatoms. The Morgan fingerprint density at radius 2 is 1.74 bits per heavy atom. The quantitative estimate of drug-likeness (QED) is 0.394. The van der Waals surface area contributed by atoms with Gasteiger partial charge in [-0.25, -0.2) is 19.7 Å². The van der Waals surface area contributed by atoms with Crippen LogP contribution in [-0.4, -0.2) is 77.0 Å². The van der Waals surface area contributed by atoms with E-state index in [1.54, 1.807) is 64.2 Å². The van der Waals surface area contributed by atoms with Gasteiger partial charge < -0.3 is 24.6 Å². The van der Waals surface area contributed by atoms with E-state index in [-0.39, 0.29) is 18.2 Å². The molecule has 3 aromatic rings. The minimum atomic E-state index is -4.89. The first-order valence-corrected chi connectivity index (χ1v) is 13.8. The molecule has 2 aliphatic heterocycles. The Kier molecular flexibility index (Phi) is 7.95. The third-order valence-corrected chi connectivity index (χ3v) is 7.08. The van der Waals surface area contributed by atoms with Crippen molar-refractivity contribution < 1.29 is 32.2 Å². The van der Waals surface area contributed by atoms with E-state index < -0.39 is 29.7 Å². The van der Waals surface area contributed by atoms with Crippen LogP contribution in [0.15, 0.2) is 42.6 Å². The summed E-state index contributed by atoms with van der Waals surface area (Å²) in [6, 6.07) is 9.64. The molecule has 0 saturated carbocycles. The minimum absolute atomic E-state index is 0.0466. The summed E-state index contributed by atoms with van der Waals surface area (Å²) in [6.07, 6.45) is -4.08. The highest BCUT2D eigenvalue weighted by atomic mass is 19.4. The number of aromatic nitrogens is 2. The van der Waals surface area contributed by atoms with Crippen LogP contribution in [0.4, 0.5) is 35.3 Å². The molecule has 0 aliphatic carbocycles. The highest BCUT2D eigenvalue weighted by Crippen LogP contribution is 2.36. The number of aryl methyl sites for hydroxylation is 1. The van der Waals surface area contributed by atoms with Gasteiger partial charge in [-0.2, -0.15) is 0 Å². The van der Waals surface area contributed by atoms with E-state index in [0.29, 0.717) is 27.9 Å². The molecule has 10 nitrogen and oxygen atoms in total. The van der Waals surface area contributed by atoms with Crippen LogP contribution in [0.3, 0.4) is 0 Å². The van der Waals surface area contributed by atoms with Crippen LogP contribution < -0.4 is 15.0 Å². The Morgan fingerprint density at radius 1 is 1.02 bits per heavy atom. The predicted octanol–water partition coefficient (Wildman–Crippen LogP) is 5.74. The van der Waals surface area contributed by atoms with Crippen molar-refractivity contribution in [1.82, 2.24) is 19.8 Å². The number of halogens is 3. The first-order valence-electron chi connectivity index (χ1n) is 13.8. The number of carbonyl (C=O) groups is 2. The second-order valence-corrected chi connectivity index (χ2v) is 11.6. The van der Waals surface area contributed by atoms with Crippen molar-refractivity contribution in [3.63, 3.8) is 0 Å². The number of carbonyl (C=O) groups excluding carboxylic acids is 2. The Bertz CT molecular complexity index is 1550. The highest BCUT2D eigenvalue weighted by molar-refractivity contribution is 6.07. The van der Waals surface area contributed by atoms with Crippen LogP contribution >= 0.6 is 0 Å². The minimum Gasteiger partial charge on any atom is -0.443 e. The molecule has 1 N–H and O–H groups in total. The van der Waals surface area contributed by atoms with E-state index in [1.807, 2.05) is 7.05 Å². The van der Waals surface area contributed by atoms with Crippen molar-refractivity contribution in [3.05, 3.63) is 59.3 Å². The molecule has 3 heterocycles. The van der Waals surface area contributed by atoms with Crippen LogP contribution in [0, 0.1) is 6.92 Å². The number of likely N-dealkylation sites (N-methyl/N-ethyl adjacent to an activating group) is 1. The van der Waals surface area contributed by atoms with Crippen LogP contribution in [0.2, 0.25) is 0 Å². The van der Waals surface area contributed by atoms with Gasteiger partial charge >= 0.3 is 12.5 Å². The first kappa shape index (κ1) is 30.1. The maximum Gasteiger partial charge on any atom is 0.573 e. The van der Waals surface area contributed by atoms with Crippen molar-refractivity contribution in [2.24, 2.45) is 0 Å². The van der Waals surface area contributed by atoms with Gasteiger partial charge in [0.2, 0.25) is 5.95 Å². The van der Waals surface area contributed by atoms with Gasteiger partial charge in [-0.3, -0.25) is 4.79 Å². The number of benzene rings is 2. The molecule has 0 atom stereocenters. The molecule has 2 aromatic carbocycles. The zero-order valence-electron chi connectivity index (χ0n) is 24.6. The van der Waals surface area contributed by atoms with Crippen LogP contribution in [0.1, 0.15) is 42.3 Å². The summed E-state index contributed by atoms with van der Waals surface area (Å²) in [5, 5.41) is 2.90. The summed E-state index contributed by atoms with van der Waals surface area (Å²) < 4.78 is 49.4. The lowest BCUT2D eigenvalue weighted by molar-refractivity contribution is -0.274. The molecule has 5 rings (SSSR count). The van der Waals surface area contributed by atoms with Gasteiger partial charge in [0, 0.05) is 49.2 Å². The summed E-state index contributed by atoms with van der Waals surface area (Å²) in [5.74, 6) is -0.849. The lowest BCUT2D eigenvalue weighted by Gasteiger charge is -2.34. The molecule has 2 amide bonds. The zero-order chi connectivity index (χ0) is 31.1. The molecular formula is C30H33F3N6O4. The maximum atomic E-state index is 13.2. The molecule has 2 aliphatic rings. The van der Waals surface area contributed by atoms with Crippen molar-refractivity contribution in [1.29, 1.82) is 0 Å². The van der Waals surface area contributed by atoms with E-state index >= 15 is 0 Å². The average molecular weight is 599 g/mol. The molecule has 1 aromatic heterocycles. The zero-order valence-corrected chi connectivity index (χ0v) is 24.6. The fourth-order valence-electron chi connectivity index (χ4n) is 4.92. The van der Waals surface area contributed by atoms with Crippen LogP contribution in [0.25, 0.3) is 11.3 Å². The third-order valence-electron chi connectivity index (χ3n) is 7.08. The number of imide groups is 1. The standard InChI is InChI=1S/C30H33F3N6O4/c1-18-16-34-27(35-23-15-21(38-12-10-37(5)11-13-38)8-9-24(23)42-30(31,32)33)36-25(18)19-6-7-20-17-39(26(40)22(20)14-19)28(41)43-29(2,3)4/h6-9,14-16H,10-13,17H2,1-5H3,(H,34,35,36). The van der Waals surface area contributed by atoms with E-state index in [2.05, 4.69) is 29.8 Å². The van der Waals surface area contributed by atoms with E-state index in [9.17, 15) is 22.8 Å². The number of fused-ring (bicyclic) bond motifs is 1. The summed E-state index contributed by atoms with van der Waals surface area (Å²) in [4.78, 5) is 39.9. The van der Waals surface area contributed by atoms with Crippen molar-refractivity contribution in [3.8, 4) is 17.0 Å².